The second-order valence-corrected chi connectivity index (χ2v) is 8.07. The smallest absolute Gasteiger partial charge is 0.163 e. The molecule has 1 aliphatic heterocycles. The molecule has 6 nitrogen and oxygen atoms in total. The van der Waals surface area contributed by atoms with Gasteiger partial charge in [-0.1, -0.05) is 0 Å². The predicted octanol–water partition coefficient (Wildman–Crippen LogP) is 3.82. The van der Waals surface area contributed by atoms with Crippen LogP contribution in [0.3, 0.4) is 0 Å². The summed E-state index contributed by atoms with van der Waals surface area (Å²) in [6.07, 6.45) is 5.35. The molecule has 0 aliphatic carbocycles. The number of aliphatic hydroxyl groups is 1. The number of aromatic amines is 1. The highest BCUT2D eigenvalue weighted by molar-refractivity contribution is 6.09. The number of benzene rings is 1. The Hall–Kier alpha value is -2.31. The fourth-order valence-electron chi connectivity index (χ4n) is 4.07. The molecule has 0 saturated carbocycles. The first-order valence-corrected chi connectivity index (χ1v) is 10.0. The molecule has 28 heavy (non-hydrogen) atoms. The first-order valence-electron chi connectivity index (χ1n) is 10.0. The Morgan fingerprint density at radius 3 is 2.68 bits per heavy atom. The van der Waals surface area contributed by atoms with E-state index in [4.69, 9.17) is 9.47 Å². The first-order chi connectivity index (χ1) is 13.5. The number of rotatable bonds is 7. The summed E-state index contributed by atoms with van der Waals surface area (Å²) in [5, 5.41) is 12.4. The molecule has 2 N–H and O–H groups in total. The second kappa shape index (κ2) is 7.60. The number of hydrogen-bond acceptors (Lipinski definition) is 5. The van der Waals surface area contributed by atoms with Gasteiger partial charge >= 0.3 is 0 Å². The van der Waals surface area contributed by atoms with Gasteiger partial charge in [0.15, 0.2) is 11.5 Å². The van der Waals surface area contributed by atoms with Gasteiger partial charge in [0, 0.05) is 35.1 Å². The summed E-state index contributed by atoms with van der Waals surface area (Å²) in [5.41, 5.74) is 1.50. The van der Waals surface area contributed by atoms with Crippen LogP contribution in [-0.2, 0) is 5.60 Å². The van der Waals surface area contributed by atoms with Crippen LogP contribution in [-0.4, -0.2) is 53.3 Å². The largest absolute Gasteiger partial charge is 0.493 e. The zero-order valence-electron chi connectivity index (χ0n) is 16.9. The number of pyridine rings is 1. The normalized spacial score (nSPS) is 15.6. The lowest BCUT2D eigenvalue weighted by molar-refractivity contribution is 0.0757. The molecule has 1 aliphatic rings. The van der Waals surface area contributed by atoms with Crippen LogP contribution >= 0.6 is 0 Å². The van der Waals surface area contributed by atoms with Crippen LogP contribution in [0.25, 0.3) is 21.8 Å². The van der Waals surface area contributed by atoms with Crippen LogP contribution in [0.2, 0.25) is 0 Å². The highest BCUT2D eigenvalue weighted by Gasteiger charge is 2.24. The van der Waals surface area contributed by atoms with Gasteiger partial charge in [-0.15, -0.1) is 0 Å². The summed E-state index contributed by atoms with van der Waals surface area (Å²) >= 11 is 0. The van der Waals surface area contributed by atoms with E-state index in [1.165, 1.54) is 25.9 Å². The Balaban J connectivity index is 1.62. The molecular weight excluding hydrogens is 354 g/mol. The maximum Gasteiger partial charge on any atom is 0.163 e. The van der Waals surface area contributed by atoms with Crippen LogP contribution in [0.15, 0.2) is 24.4 Å². The fourth-order valence-corrected chi connectivity index (χ4v) is 4.07. The third kappa shape index (κ3) is 3.66. The lowest BCUT2D eigenvalue weighted by Crippen LogP contribution is -2.21. The molecule has 1 aromatic carbocycles. The molecule has 0 atom stereocenters. The van der Waals surface area contributed by atoms with Crippen molar-refractivity contribution in [1.29, 1.82) is 0 Å². The fraction of sp³-hybridized carbons (Fsp3) is 0.500. The van der Waals surface area contributed by atoms with Gasteiger partial charge in [-0.25, -0.2) is 0 Å². The number of H-pyrrole nitrogens is 1. The topological polar surface area (TPSA) is 70.6 Å². The van der Waals surface area contributed by atoms with Crippen molar-refractivity contribution < 1.29 is 14.6 Å². The highest BCUT2D eigenvalue weighted by atomic mass is 16.5. The molecule has 0 unspecified atom stereocenters. The molecule has 6 heteroatoms. The molecule has 2 aromatic heterocycles. The molecular formula is C22H29N3O3. The Morgan fingerprint density at radius 2 is 1.96 bits per heavy atom. The van der Waals surface area contributed by atoms with Crippen molar-refractivity contribution in [2.45, 2.75) is 38.7 Å². The van der Waals surface area contributed by atoms with Crippen molar-refractivity contribution in [2.75, 3.05) is 33.4 Å². The Morgan fingerprint density at radius 1 is 1.18 bits per heavy atom. The minimum Gasteiger partial charge on any atom is -0.493 e. The van der Waals surface area contributed by atoms with Crippen LogP contribution < -0.4 is 9.47 Å². The third-order valence-corrected chi connectivity index (χ3v) is 5.45. The molecule has 4 rings (SSSR count). The van der Waals surface area contributed by atoms with Gasteiger partial charge in [-0.05, 0) is 58.3 Å². The number of aromatic nitrogens is 2. The minimum absolute atomic E-state index is 0.651. The molecule has 0 bridgehead atoms. The van der Waals surface area contributed by atoms with E-state index >= 15 is 0 Å². The van der Waals surface area contributed by atoms with Gasteiger partial charge < -0.3 is 24.5 Å². The monoisotopic (exact) mass is 383 g/mol. The lowest BCUT2D eigenvalue weighted by atomic mass is 9.99. The van der Waals surface area contributed by atoms with Crippen molar-refractivity contribution in [2.24, 2.45) is 0 Å². The van der Waals surface area contributed by atoms with Gasteiger partial charge in [0.2, 0.25) is 0 Å². The standard InChI is InChI=1S/C22H29N3O3/c1-22(2,26)21-20-15-13-18(27-3)19(14-17(15)24-16(20)7-8-23-21)28-12-6-11-25-9-4-5-10-25/h7-8,13-14,24,26H,4-6,9-12H2,1-3H3. The number of nitrogens with zero attached hydrogens (tertiary/aromatic N) is 2. The van der Waals surface area contributed by atoms with Crippen molar-refractivity contribution in [3.63, 3.8) is 0 Å². The third-order valence-electron chi connectivity index (χ3n) is 5.45. The summed E-state index contributed by atoms with van der Waals surface area (Å²) in [5.74, 6) is 1.43. The van der Waals surface area contributed by atoms with E-state index in [-0.39, 0.29) is 0 Å². The number of hydrogen-bond donors (Lipinski definition) is 2. The van der Waals surface area contributed by atoms with E-state index in [1.807, 2.05) is 18.2 Å². The Kier molecular flexibility index (Phi) is 5.17. The van der Waals surface area contributed by atoms with Gasteiger partial charge in [0.1, 0.15) is 5.60 Å². The van der Waals surface area contributed by atoms with Crippen molar-refractivity contribution in [1.82, 2.24) is 14.9 Å². The van der Waals surface area contributed by atoms with Crippen molar-refractivity contribution in [3.05, 3.63) is 30.1 Å². The van der Waals surface area contributed by atoms with E-state index in [9.17, 15) is 5.11 Å². The summed E-state index contributed by atoms with van der Waals surface area (Å²) in [4.78, 5) is 10.3. The Bertz CT molecular complexity index is 968. The van der Waals surface area contributed by atoms with E-state index < -0.39 is 5.60 Å². The maximum absolute atomic E-state index is 10.5. The van der Waals surface area contributed by atoms with Crippen LogP contribution in [0.1, 0.15) is 38.8 Å². The maximum atomic E-state index is 10.5. The molecule has 0 amide bonds. The molecule has 1 saturated heterocycles. The summed E-state index contributed by atoms with van der Waals surface area (Å²) in [6.45, 7) is 7.67. The van der Waals surface area contributed by atoms with Gasteiger partial charge in [0.25, 0.3) is 0 Å². The van der Waals surface area contributed by atoms with E-state index in [0.29, 0.717) is 18.1 Å². The number of likely N-dealkylation sites (tertiary alicyclic amines) is 1. The molecule has 0 spiro atoms. The molecule has 3 heterocycles. The van der Waals surface area contributed by atoms with Gasteiger partial charge in [-0.3, -0.25) is 4.98 Å². The lowest BCUT2D eigenvalue weighted by Gasteiger charge is -2.18. The van der Waals surface area contributed by atoms with E-state index in [0.717, 1.165) is 40.5 Å². The molecule has 3 aromatic rings. The van der Waals surface area contributed by atoms with Gasteiger partial charge in [-0.2, -0.15) is 0 Å². The SMILES string of the molecule is COc1cc2c(cc1OCCCN1CCCC1)[nH]c1ccnc(C(C)(C)O)c12. The molecule has 150 valence electrons. The van der Waals surface area contributed by atoms with Crippen LogP contribution in [0, 0.1) is 0 Å². The van der Waals surface area contributed by atoms with Crippen molar-refractivity contribution in [3.8, 4) is 11.5 Å². The van der Waals surface area contributed by atoms with E-state index in [1.54, 1.807) is 27.2 Å². The number of methoxy groups -OCH3 is 1. The number of ether oxygens (including phenoxy) is 2. The first kappa shape index (κ1) is 19.0. The summed E-state index contributed by atoms with van der Waals surface area (Å²) < 4.78 is 11.6. The van der Waals surface area contributed by atoms with Crippen LogP contribution in [0.4, 0.5) is 0 Å². The van der Waals surface area contributed by atoms with Crippen LogP contribution in [0.5, 0.6) is 11.5 Å². The average Bonchev–Trinajstić information content (AvgIpc) is 3.30. The van der Waals surface area contributed by atoms with E-state index in [2.05, 4.69) is 14.9 Å². The Labute approximate surface area is 165 Å². The van der Waals surface area contributed by atoms with Crippen molar-refractivity contribution >= 4 is 21.8 Å². The highest BCUT2D eigenvalue weighted by Crippen LogP contribution is 2.38. The number of nitrogens with one attached hydrogen (secondary N) is 1. The second-order valence-electron chi connectivity index (χ2n) is 8.07. The quantitative estimate of drug-likeness (QED) is 0.607. The summed E-state index contributed by atoms with van der Waals surface area (Å²) in [6, 6.07) is 5.88. The zero-order valence-corrected chi connectivity index (χ0v) is 16.9. The minimum atomic E-state index is -1.04. The summed E-state index contributed by atoms with van der Waals surface area (Å²) in [7, 11) is 1.66. The average molecular weight is 383 g/mol. The molecule has 1 fully saturated rings. The molecule has 0 radical (unpaired) electrons. The van der Waals surface area contributed by atoms with Gasteiger partial charge in [0.05, 0.1) is 24.9 Å². The number of fused-ring (bicyclic) bond motifs is 3. The predicted molar refractivity (Wildman–Crippen MR) is 111 cm³/mol. The zero-order chi connectivity index (χ0) is 19.7.